The third-order valence-electron chi connectivity index (χ3n) is 3.43. The maximum atomic E-state index is 11.8. The summed E-state index contributed by atoms with van der Waals surface area (Å²) in [4.78, 5) is 14.3. The summed E-state index contributed by atoms with van der Waals surface area (Å²) in [5.41, 5.74) is 0. The number of carbonyl (C=O) groups is 1. The van der Waals surface area contributed by atoms with E-state index >= 15 is 0 Å². The van der Waals surface area contributed by atoms with Crippen molar-refractivity contribution in [3.05, 3.63) is 0 Å². The first-order chi connectivity index (χ1) is 8.25. The van der Waals surface area contributed by atoms with Crippen LogP contribution in [0.2, 0.25) is 0 Å². The lowest BCUT2D eigenvalue weighted by Gasteiger charge is -2.21. The molecule has 2 aliphatic rings. The van der Waals surface area contributed by atoms with Gasteiger partial charge in [-0.1, -0.05) is 6.92 Å². The zero-order valence-electron chi connectivity index (χ0n) is 10.6. The Labute approximate surface area is 108 Å². The SMILES string of the molecule is CC(CNC(=O)C1CSCN1)CN1CCCC1. The second-order valence-electron chi connectivity index (χ2n) is 5.13. The summed E-state index contributed by atoms with van der Waals surface area (Å²) in [7, 11) is 0. The number of amides is 1. The molecule has 2 heterocycles. The van der Waals surface area contributed by atoms with E-state index in [9.17, 15) is 4.79 Å². The van der Waals surface area contributed by atoms with Gasteiger partial charge in [0.2, 0.25) is 5.91 Å². The highest BCUT2D eigenvalue weighted by molar-refractivity contribution is 7.99. The van der Waals surface area contributed by atoms with Crippen LogP contribution in [-0.2, 0) is 4.79 Å². The van der Waals surface area contributed by atoms with Gasteiger partial charge in [-0.15, -0.1) is 11.8 Å². The molecular weight excluding hydrogens is 234 g/mol. The third-order valence-corrected chi connectivity index (χ3v) is 4.37. The first kappa shape index (κ1) is 13.2. The highest BCUT2D eigenvalue weighted by atomic mass is 32.2. The molecule has 17 heavy (non-hydrogen) atoms. The summed E-state index contributed by atoms with van der Waals surface area (Å²) in [6.07, 6.45) is 2.67. The number of hydrogen-bond acceptors (Lipinski definition) is 4. The van der Waals surface area contributed by atoms with Crippen LogP contribution in [0.25, 0.3) is 0 Å². The molecule has 2 N–H and O–H groups in total. The minimum Gasteiger partial charge on any atom is -0.354 e. The Bertz CT molecular complexity index is 250. The zero-order valence-corrected chi connectivity index (χ0v) is 11.4. The van der Waals surface area contributed by atoms with Crippen molar-refractivity contribution in [2.24, 2.45) is 5.92 Å². The van der Waals surface area contributed by atoms with Gasteiger partial charge >= 0.3 is 0 Å². The lowest BCUT2D eigenvalue weighted by molar-refractivity contribution is -0.122. The fourth-order valence-electron chi connectivity index (χ4n) is 2.43. The second-order valence-corrected chi connectivity index (χ2v) is 6.16. The summed E-state index contributed by atoms with van der Waals surface area (Å²) in [6.45, 7) is 6.61. The first-order valence-electron chi connectivity index (χ1n) is 6.57. The predicted octanol–water partition coefficient (Wildman–Crippen LogP) is 0.497. The van der Waals surface area contributed by atoms with Gasteiger partial charge in [0, 0.05) is 24.7 Å². The number of likely N-dealkylation sites (tertiary alicyclic amines) is 1. The highest BCUT2D eigenvalue weighted by Crippen LogP contribution is 2.11. The Kier molecular flexibility index (Phi) is 5.13. The minimum absolute atomic E-state index is 0.0268. The number of carbonyl (C=O) groups excluding carboxylic acids is 1. The molecule has 5 heteroatoms. The van der Waals surface area contributed by atoms with Crippen LogP contribution in [-0.4, -0.2) is 54.7 Å². The van der Waals surface area contributed by atoms with E-state index in [1.165, 1.54) is 25.9 Å². The van der Waals surface area contributed by atoms with Gasteiger partial charge in [-0.2, -0.15) is 0 Å². The van der Waals surface area contributed by atoms with E-state index < -0.39 is 0 Å². The molecule has 0 aromatic heterocycles. The zero-order chi connectivity index (χ0) is 12.1. The minimum atomic E-state index is 0.0268. The number of nitrogens with one attached hydrogen (secondary N) is 2. The normalized spacial score (nSPS) is 27.2. The van der Waals surface area contributed by atoms with E-state index in [-0.39, 0.29) is 11.9 Å². The first-order valence-corrected chi connectivity index (χ1v) is 7.72. The lowest BCUT2D eigenvalue weighted by Crippen LogP contribution is -2.44. The molecule has 0 aromatic carbocycles. The Balaban J connectivity index is 1.61. The molecule has 98 valence electrons. The summed E-state index contributed by atoms with van der Waals surface area (Å²) in [5, 5.41) is 6.25. The van der Waals surface area contributed by atoms with Crippen molar-refractivity contribution in [3.63, 3.8) is 0 Å². The quantitative estimate of drug-likeness (QED) is 0.753. The number of hydrogen-bond donors (Lipinski definition) is 2. The molecule has 2 aliphatic heterocycles. The van der Waals surface area contributed by atoms with E-state index in [1.807, 2.05) is 0 Å². The van der Waals surface area contributed by atoms with Crippen LogP contribution in [0.5, 0.6) is 0 Å². The van der Waals surface area contributed by atoms with Crippen LogP contribution >= 0.6 is 11.8 Å². The van der Waals surface area contributed by atoms with Crippen molar-refractivity contribution in [3.8, 4) is 0 Å². The number of rotatable bonds is 5. The van der Waals surface area contributed by atoms with E-state index in [4.69, 9.17) is 0 Å². The van der Waals surface area contributed by atoms with Crippen LogP contribution in [0.3, 0.4) is 0 Å². The Morgan fingerprint density at radius 1 is 1.53 bits per heavy atom. The van der Waals surface area contributed by atoms with E-state index in [1.54, 1.807) is 11.8 Å². The summed E-state index contributed by atoms with van der Waals surface area (Å²) in [5.74, 6) is 2.53. The molecular formula is C12H23N3OS. The topological polar surface area (TPSA) is 44.4 Å². The third kappa shape index (κ3) is 4.16. The second kappa shape index (κ2) is 6.61. The molecule has 0 spiro atoms. The van der Waals surface area contributed by atoms with Crippen molar-refractivity contribution >= 4 is 17.7 Å². The monoisotopic (exact) mass is 257 g/mol. The maximum absolute atomic E-state index is 11.8. The molecule has 1 amide bonds. The molecule has 0 aromatic rings. The maximum Gasteiger partial charge on any atom is 0.238 e. The van der Waals surface area contributed by atoms with Crippen LogP contribution in [0.1, 0.15) is 19.8 Å². The molecule has 2 atom stereocenters. The largest absolute Gasteiger partial charge is 0.354 e. The van der Waals surface area contributed by atoms with Gasteiger partial charge in [-0.05, 0) is 31.8 Å². The molecule has 2 saturated heterocycles. The van der Waals surface area contributed by atoms with Gasteiger partial charge in [0.15, 0.2) is 0 Å². The fourth-order valence-corrected chi connectivity index (χ4v) is 3.37. The average molecular weight is 257 g/mol. The van der Waals surface area contributed by atoms with Gasteiger partial charge in [0.25, 0.3) is 0 Å². The molecule has 0 bridgehead atoms. The number of nitrogens with zero attached hydrogens (tertiary/aromatic N) is 1. The van der Waals surface area contributed by atoms with E-state index in [0.717, 1.165) is 24.7 Å². The molecule has 2 rings (SSSR count). The molecule has 2 fully saturated rings. The van der Waals surface area contributed by atoms with Gasteiger partial charge in [0.1, 0.15) is 0 Å². The average Bonchev–Trinajstić information content (AvgIpc) is 2.97. The van der Waals surface area contributed by atoms with Crippen LogP contribution in [0.4, 0.5) is 0 Å². The fraction of sp³-hybridized carbons (Fsp3) is 0.917. The number of thioether (sulfide) groups is 1. The molecule has 0 aliphatic carbocycles. The smallest absolute Gasteiger partial charge is 0.238 e. The van der Waals surface area contributed by atoms with E-state index in [2.05, 4.69) is 22.5 Å². The summed E-state index contributed by atoms with van der Waals surface area (Å²) < 4.78 is 0. The van der Waals surface area contributed by atoms with Crippen LogP contribution in [0, 0.1) is 5.92 Å². The van der Waals surface area contributed by atoms with Crippen molar-refractivity contribution in [2.45, 2.75) is 25.8 Å². The van der Waals surface area contributed by atoms with Gasteiger partial charge in [0.05, 0.1) is 6.04 Å². The predicted molar refractivity (Wildman–Crippen MR) is 72.1 cm³/mol. The van der Waals surface area contributed by atoms with Crippen molar-refractivity contribution in [1.82, 2.24) is 15.5 Å². The Morgan fingerprint density at radius 3 is 2.94 bits per heavy atom. The van der Waals surface area contributed by atoms with Crippen molar-refractivity contribution in [1.29, 1.82) is 0 Å². The lowest BCUT2D eigenvalue weighted by atomic mass is 10.1. The van der Waals surface area contributed by atoms with Crippen molar-refractivity contribution < 1.29 is 4.79 Å². The Morgan fingerprint density at radius 2 is 2.29 bits per heavy atom. The molecule has 0 saturated carbocycles. The Hall–Kier alpha value is -0.260. The standard InChI is InChI=1S/C12H23N3OS/c1-10(7-15-4-2-3-5-15)6-13-12(16)11-8-17-9-14-11/h10-11,14H,2-9H2,1H3,(H,13,16). The molecule has 0 radical (unpaired) electrons. The van der Waals surface area contributed by atoms with Crippen molar-refractivity contribution in [2.75, 3.05) is 37.8 Å². The molecule has 2 unspecified atom stereocenters. The van der Waals surface area contributed by atoms with Gasteiger partial charge < -0.3 is 10.2 Å². The van der Waals surface area contributed by atoms with Crippen LogP contribution < -0.4 is 10.6 Å². The van der Waals surface area contributed by atoms with Gasteiger partial charge in [-0.3, -0.25) is 10.1 Å². The molecule has 4 nitrogen and oxygen atoms in total. The summed E-state index contributed by atoms with van der Waals surface area (Å²) >= 11 is 1.79. The highest BCUT2D eigenvalue weighted by Gasteiger charge is 2.22. The van der Waals surface area contributed by atoms with Gasteiger partial charge in [-0.25, -0.2) is 0 Å². The van der Waals surface area contributed by atoms with E-state index in [0.29, 0.717) is 5.92 Å². The summed E-state index contributed by atoms with van der Waals surface area (Å²) in [6, 6.07) is 0.0268. The van der Waals surface area contributed by atoms with Crippen LogP contribution in [0.15, 0.2) is 0 Å².